The number of sulfonamides is 1. The SMILES string of the molecule is COc1cccc(OC)c1N(C(=O)c1nn(-c2cccc3ccccc23)cc1S(=O)(=O)N(C)C)C1(C(=O)O)C2CC3CC(C2)CC1C3. The van der Waals surface area contributed by atoms with Gasteiger partial charge in [0.2, 0.25) is 10.0 Å². The van der Waals surface area contributed by atoms with E-state index in [2.05, 4.69) is 5.10 Å². The van der Waals surface area contributed by atoms with Gasteiger partial charge in [0.25, 0.3) is 5.91 Å². The zero-order valence-corrected chi connectivity index (χ0v) is 27.6. The highest BCUT2D eigenvalue weighted by Gasteiger charge is 2.66. The van der Waals surface area contributed by atoms with E-state index >= 15 is 4.79 Å². The predicted molar refractivity (Wildman–Crippen MR) is 176 cm³/mol. The first-order valence-corrected chi connectivity index (χ1v) is 17.3. The average molecular weight is 659 g/mol. The monoisotopic (exact) mass is 658 g/mol. The van der Waals surface area contributed by atoms with Crippen LogP contribution >= 0.6 is 0 Å². The van der Waals surface area contributed by atoms with E-state index in [0.29, 0.717) is 43.2 Å². The molecule has 4 aliphatic rings. The number of rotatable bonds is 9. The Morgan fingerprint density at radius 3 is 2.02 bits per heavy atom. The molecule has 47 heavy (non-hydrogen) atoms. The zero-order chi connectivity index (χ0) is 33.2. The summed E-state index contributed by atoms with van der Waals surface area (Å²) in [6.45, 7) is 0. The van der Waals surface area contributed by atoms with E-state index in [4.69, 9.17) is 9.47 Å². The number of hydrogen-bond donors (Lipinski definition) is 1. The second kappa shape index (κ2) is 11.4. The third kappa shape index (κ3) is 4.63. The highest BCUT2D eigenvalue weighted by Crippen LogP contribution is 2.62. The summed E-state index contributed by atoms with van der Waals surface area (Å²) in [5.74, 6) is -1.45. The van der Waals surface area contributed by atoms with Crippen LogP contribution in [0.4, 0.5) is 5.69 Å². The van der Waals surface area contributed by atoms with E-state index in [0.717, 1.165) is 21.5 Å². The number of aliphatic carboxylic acids is 1. The molecular formula is C35H38N4O7S. The molecule has 1 heterocycles. The molecule has 3 aromatic carbocycles. The molecule has 4 fully saturated rings. The lowest BCUT2D eigenvalue weighted by atomic mass is 9.48. The number of ether oxygens (including phenoxy) is 2. The van der Waals surface area contributed by atoms with Gasteiger partial charge in [0.15, 0.2) is 11.2 Å². The Kier molecular flexibility index (Phi) is 7.55. The Labute approximate surface area is 273 Å². The molecule has 12 heteroatoms. The molecule has 0 atom stereocenters. The number of carboxylic acids is 1. The van der Waals surface area contributed by atoms with Crippen LogP contribution in [-0.2, 0) is 14.8 Å². The van der Waals surface area contributed by atoms with Crippen LogP contribution in [0.25, 0.3) is 16.5 Å². The quantitative estimate of drug-likeness (QED) is 0.259. The number of benzene rings is 3. The summed E-state index contributed by atoms with van der Waals surface area (Å²) < 4.78 is 41.8. The molecule has 4 aromatic rings. The Balaban J connectivity index is 1.52. The molecule has 1 aromatic heterocycles. The van der Waals surface area contributed by atoms with Crippen molar-refractivity contribution in [2.24, 2.45) is 23.7 Å². The molecule has 4 saturated carbocycles. The van der Waals surface area contributed by atoms with Crippen molar-refractivity contribution < 1.29 is 32.6 Å². The lowest BCUT2D eigenvalue weighted by Gasteiger charge is -2.62. The van der Waals surface area contributed by atoms with E-state index in [1.807, 2.05) is 36.4 Å². The highest BCUT2D eigenvalue weighted by atomic mass is 32.2. The van der Waals surface area contributed by atoms with Gasteiger partial charge in [0, 0.05) is 19.5 Å². The molecule has 0 spiro atoms. The second-order valence-electron chi connectivity index (χ2n) is 13.2. The van der Waals surface area contributed by atoms with E-state index in [1.54, 1.807) is 24.3 Å². The lowest BCUT2D eigenvalue weighted by Crippen LogP contribution is -2.71. The fourth-order valence-corrected chi connectivity index (χ4v) is 9.75. The number of aromatic nitrogens is 2. The first kappa shape index (κ1) is 31.2. The fourth-order valence-electron chi connectivity index (χ4n) is 8.75. The standard InChI is InChI=1S/C35H38N4O7S/c1-37(2)47(43,44)30-20-38(27-12-7-10-23-9-5-6-11-26(23)27)36-31(30)33(40)39(32-28(45-3)13-8-14-29(32)46-4)35(34(41)42)24-16-21-15-22(18-24)19-25(35)17-21/h5-14,20-22,24-25H,15-19H2,1-4H3,(H,41,42). The molecule has 4 aliphatic carbocycles. The number of amides is 1. The summed E-state index contributed by atoms with van der Waals surface area (Å²) in [5, 5.41) is 17.7. The van der Waals surface area contributed by atoms with Crippen LogP contribution in [0.5, 0.6) is 11.5 Å². The van der Waals surface area contributed by atoms with Crippen molar-refractivity contribution in [2.45, 2.75) is 42.5 Å². The number of hydrogen-bond acceptors (Lipinski definition) is 7. The number of methoxy groups -OCH3 is 2. The molecule has 0 aliphatic heterocycles. The first-order chi connectivity index (χ1) is 22.5. The van der Waals surface area contributed by atoms with Crippen LogP contribution in [0.2, 0.25) is 0 Å². The van der Waals surface area contributed by atoms with E-state index in [9.17, 15) is 18.3 Å². The van der Waals surface area contributed by atoms with Crippen LogP contribution in [0.15, 0.2) is 71.8 Å². The normalized spacial score (nSPS) is 24.9. The van der Waals surface area contributed by atoms with Crippen molar-refractivity contribution in [1.29, 1.82) is 0 Å². The third-order valence-corrected chi connectivity index (χ3v) is 12.4. The maximum atomic E-state index is 15.4. The smallest absolute Gasteiger partial charge is 0.330 e. The van der Waals surface area contributed by atoms with Gasteiger partial charge in [-0.05, 0) is 79.4 Å². The summed E-state index contributed by atoms with van der Waals surface area (Å²) in [4.78, 5) is 30.3. The number of anilines is 1. The van der Waals surface area contributed by atoms with Gasteiger partial charge >= 0.3 is 5.97 Å². The van der Waals surface area contributed by atoms with Gasteiger partial charge in [-0.3, -0.25) is 9.69 Å². The van der Waals surface area contributed by atoms with Crippen molar-refractivity contribution in [3.63, 3.8) is 0 Å². The Hall–Kier alpha value is -4.42. The van der Waals surface area contributed by atoms with Gasteiger partial charge in [-0.15, -0.1) is 0 Å². The number of para-hydroxylation sites is 1. The maximum absolute atomic E-state index is 15.4. The van der Waals surface area contributed by atoms with Crippen LogP contribution < -0.4 is 14.4 Å². The number of carboxylic acid groups (broad SMARTS) is 1. The first-order valence-electron chi connectivity index (χ1n) is 15.8. The molecule has 8 rings (SSSR count). The minimum absolute atomic E-state index is 0.144. The van der Waals surface area contributed by atoms with E-state index < -0.39 is 27.4 Å². The minimum Gasteiger partial charge on any atom is -0.494 e. The van der Waals surface area contributed by atoms with E-state index in [1.165, 1.54) is 44.1 Å². The van der Waals surface area contributed by atoms with Crippen LogP contribution in [0.3, 0.4) is 0 Å². The third-order valence-electron chi connectivity index (χ3n) is 10.6. The molecule has 1 N–H and O–H groups in total. The summed E-state index contributed by atoms with van der Waals surface area (Å²) in [7, 11) is 1.43. The van der Waals surface area contributed by atoms with Crippen molar-refractivity contribution >= 4 is 38.4 Å². The van der Waals surface area contributed by atoms with Gasteiger partial charge in [-0.25, -0.2) is 22.2 Å². The zero-order valence-electron chi connectivity index (χ0n) is 26.8. The van der Waals surface area contributed by atoms with Gasteiger partial charge in [0.05, 0.1) is 26.1 Å². The average Bonchev–Trinajstić information content (AvgIpc) is 3.51. The van der Waals surface area contributed by atoms with Crippen molar-refractivity contribution in [3.8, 4) is 17.2 Å². The van der Waals surface area contributed by atoms with Crippen molar-refractivity contribution in [3.05, 3.63) is 72.6 Å². The van der Waals surface area contributed by atoms with Gasteiger partial charge < -0.3 is 14.6 Å². The van der Waals surface area contributed by atoms with E-state index in [-0.39, 0.29) is 39.6 Å². The Morgan fingerprint density at radius 1 is 0.872 bits per heavy atom. The van der Waals surface area contributed by atoms with Gasteiger partial charge in [0.1, 0.15) is 22.1 Å². The Morgan fingerprint density at radius 2 is 1.45 bits per heavy atom. The molecule has 1 amide bonds. The molecule has 0 radical (unpaired) electrons. The summed E-state index contributed by atoms with van der Waals surface area (Å²) >= 11 is 0. The summed E-state index contributed by atoms with van der Waals surface area (Å²) in [5.41, 5.74) is -1.35. The van der Waals surface area contributed by atoms with Gasteiger partial charge in [-0.2, -0.15) is 5.10 Å². The van der Waals surface area contributed by atoms with Crippen molar-refractivity contribution in [2.75, 3.05) is 33.2 Å². The molecule has 246 valence electrons. The number of fused-ring (bicyclic) bond motifs is 1. The highest BCUT2D eigenvalue weighted by molar-refractivity contribution is 7.89. The van der Waals surface area contributed by atoms with Crippen LogP contribution in [-0.4, -0.2) is 73.3 Å². The van der Waals surface area contributed by atoms with Crippen LogP contribution in [0, 0.1) is 23.7 Å². The molecule has 11 nitrogen and oxygen atoms in total. The summed E-state index contributed by atoms with van der Waals surface area (Å²) in [6, 6.07) is 18.2. The fraction of sp³-hybridized carbons (Fsp3) is 0.400. The molecule has 0 saturated heterocycles. The number of carbonyl (C=O) groups is 2. The summed E-state index contributed by atoms with van der Waals surface area (Å²) in [6.07, 6.45) is 5.05. The van der Waals surface area contributed by atoms with Crippen LogP contribution in [0.1, 0.15) is 42.6 Å². The largest absolute Gasteiger partial charge is 0.494 e. The lowest BCUT2D eigenvalue weighted by molar-refractivity contribution is -0.159. The molecule has 4 bridgehead atoms. The second-order valence-corrected chi connectivity index (χ2v) is 15.3. The number of nitrogens with zero attached hydrogens (tertiary/aromatic N) is 4. The number of carbonyl (C=O) groups excluding carboxylic acids is 1. The molecule has 0 unspecified atom stereocenters. The predicted octanol–water partition coefficient (Wildman–Crippen LogP) is 5.22. The van der Waals surface area contributed by atoms with Crippen molar-refractivity contribution in [1.82, 2.24) is 14.1 Å². The topological polar surface area (TPSA) is 131 Å². The minimum atomic E-state index is -4.24. The van der Waals surface area contributed by atoms with Gasteiger partial charge in [-0.1, -0.05) is 42.5 Å². The maximum Gasteiger partial charge on any atom is 0.330 e. The molecular weight excluding hydrogens is 620 g/mol. The Bertz CT molecular complexity index is 1950.